The van der Waals surface area contributed by atoms with E-state index in [-0.39, 0.29) is 5.25 Å². The highest BCUT2D eigenvalue weighted by atomic mass is 32.2. The minimum Gasteiger partial charge on any atom is -0.493 e. The van der Waals surface area contributed by atoms with Gasteiger partial charge in [-0.2, -0.15) is 0 Å². The van der Waals surface area contributed by atoms with Gasteiger partial charge in [0.15, 0.2) is 11.5 Å². The average molecular weight is 412 g/mol. The first kappa shape index (κ1) is 19.6. The number of para-hydroxylation sites is 1. The minimum absolute atomic E-state index is 0.270. The molecule has 0 saturated heterocycles. The molecule has 0 radical (unpaired) electrons. The summed E-state index contributed by atoms with van der Waals surface area (Å²) >= 11 is 1.87. The molecule has 29 heavy (non-hydrogen) atoms. The lowest BCUT2D eigenvalue weighted by Gasteiger charge is -2.23. The van der Waals surface area contributed by atoms with Crippen molar-refractivity contribution in [3.63, 3.8) is 0 Å². The quantitative estimate of drug-likeness (QED) is 0.530. The Morgan fingerprint density at radius 3 is 2.41 bits per heavy atom. The van der Waals surface area contributed by atoms with Gasteiger partial charge >= 0.3 is 0 Å². The van der Waals surface area contributed by atoms with Crippen LogP contribution in [0.4, 0.5) is 5.69 Å². The van der Waals surface area contributed by atoms with Gasteiger partial charge in [-0.15, -0.1) is 11.8 Å². The van der Waals surface area contributed by atoms with Gasteiger partial charge < -0.3 is 23.5 Å². The second-order valence-electron chi connectivity index (χ2n) is 6.82. The molecule has 1 aliphatic heterocycles. The second kappa shape index (κ2) is 8.74. The summed E-state index contributed by atoms with van der Waals surface area (Å²) in [7, 11) is 4.94. The van der Waals surface area contributed by atoms with E-state index in [4.69, 9.17) is 18.6 Å². The molecule has 2 aromatic carbocycles. The Balaban J connectivity index is 1.68. The number of furan rings is 1. The van der Waals surface area contributed by atoms with Crippen LogP contribution in [0.15, 0.2) is 64.1 Å². The zero-order valence-corrected chi connectivity index (χ0v) is 17.7. The van der Waals surface area contributed by atoms with Crippen LogP contribution in [0.5, 0.6) is 17.2 Å². The first-order valence-corrected chi connectivity index (χ1v) is 10.4. The number of anilines is 1. The first-order chi connectivity index (χ1) is 14.2. The van der Waals surface area contributed by atoms with Gasteiger partial charge in [-0.1, -0.05) is 12.1 Å². The topological polar surface area (TPSA) is 44.1 Å². The van der Waals surface area contributed by atoms with Gasteiger partial charge in [-0.3, -0.25) is 0 Å². The molecule has 0 saturated carbocycles. The highest BCUT2D eigenvalue weighted by Crippen LogP contribution is 2.48. The third kappa shape index (κ3) is 4.03. The van der Waals surface area contributed by atoms with E-state index >= 15 is 0 Å². The lowest BCUT2D eigenvalue weighted by molar-refractivity contribution is 0.323. The fourth-order valence-corrected chi connectivity index (χ4v) is 4.98. The number of thioether (sulfide) groups is 1. The zero-order valence-electron chi connectivity index (χ0n) is 16.9. The van der Waals surface area contributed by atoms with Gasteiger partial charge in [0.2, 0.25) is 5.75 Å². The molecule has 0 N–H and O–H groups in total. The molecule has 0 unspecified atom stereocenters. The van der Waals surface area contributed by atoms with E-state index in [2.05, 4.69) is 41.3 Å². The SMILES string of the molecule is COc1cc([C@@H]2CCN(Cc3ccco3)c3ccccc3S2)cc(OC)c1OC. The Kier molecular flexibility index (Phi) is 5.90. The van der Waals surface area contributed by atoms with Gasteiger partial charge in [0, 0.05) is 16.7 Å². The van der Waals surface area contributed by atoms with Crippen LogP contribution in [0, 0.1) is 0 Å². The molecule has 2 heterocycles. The summed E-state index contributed by atoms with van der Waals surface area (Å²) in [5.41, 5.74) is 2.41. The molecule has 5 nitrogen and oxygen atoms in total. The molecule has 0 spiro atoms. The standard InChI is InChI=1S/C23H25NO4S/c1-25-19-13-16(14-20(26-2)23(19)27-3)21-10-11-24(15-17-7-6-12-28-17)18-8-4-5-9-22(18)29-21/h4-9,12-14,21H,10-11,15H2,1-3H3/t21-/m0/s1. The second-order valence-corrected chi connectivity index (χ2v) is 8.07. The van der Waals surface area contributed by atoms with E-state index in [1.165, 1.54) is 16.1 Å². The van der Waals surface area contributed by atoms with E-state index in [1.54, 1.807) is 27.6 Å². The molecule has 152 valence electrons. The molecule has 1 aromatic heterocycles. The molecule has 3 aromatic rings. The molecule has 0 amide bonds. The molecule has 0 bridgehead atoms. The lowest BCUT2D eigenvalue weighted by Crippen LogP contribution is -2.23. The maximum absolute atomic E-state index is 5.59. The van der Waals surface area contributed by atoms with Crippen molar-refractivity contribution < 1.29 is 18.6 Å². The van der Waals surface area contributed by atoms with Crippen molar-refractivity contribution >= 4 is 17.4 Å². The number of ether oxygens (including phenoxy) is 3. The molecule has 6 heteroatoms. The Morgan fingerprint density at radius 2 is 1.76 bits per heavy atom. The Morgan fingerprint density at radius 1 is 1.00 bits per heavy atom. The van der Waals surface area contributed by atoms with Crippen molar-refractivity contribution in [1.82, 2.24) is 0 Å². The van der Waals surface area contributed by atoms with Gasteiger partial charge in [0.25, 0.3) is 0 Å². The number of fused-ring (bicyclic) bond motifs is 1. The van der Waals surface area contributed by atoms with Crippen molar-refractivity contribution in [1.29, 1.82) is 0 Å². The summed E-state index contributed by atoms with van der Waals surface area (Å²) in [6, 6.07) is 16.6. The minimum atomic E-state index is 0.270. The fourth-order valence-electron chi connectivity index (χ4n) is 3.70. The summed E-state index contributed by atoms with van der Waals surface area (Å²) in [5, 5.41) is 0.270. The number of nitrogens with zero attached hydrogens (tertiary/aromatic N) is 1. The molecule has 0 fully saturated rings. The summed E-state index contributed by atoms with van der Waals surface area (Å²) in [4.78, 5) is 3.65. The number of methoxy groups -OCH3 is 3. The van der Waals surface area contributed by atoms with E-state index in [0.29, 0.717) is 17.2 Å². The van der Waals surface area contributed by atoms with E-state index in [0.717, 1.165) is 25.3 Å². The smallest absolute Gasteiger partial charge is 0.203 e. The number of hydrogen-bond acceptors (Lipinski definition) is 6. The Bertz CT molecular complexity index is 932. The van der Waals surface area contributed by atoms with Crippen LogP contribution in [-0.4, -0.2) is 27.9 Å². The van der Waals surface area contributed by atoms with E-state index in [1.807, 2.05) is 23.9 Å². The van der Waals surface area contributed by atoms with Crippen LogP contribution < -0.4 is 19.1 Å². The predicted octanol–water partition coefficient (Wildman–Crippen LogP) is 5.55. The molecular weight excluding hydrogens is 386 g/mol. The van der Waals surface area contributed by atoms with E-state index < -0.39 is 0 Å². The predicted molar refractivity (Wildman–Crippen MR) is 116 cm³/mol. The number of hydrogen-bond donors (Lipinski definition) is 0. The van der Waals surface area contributed by atoms with Crippen molar-refractivity contribution in [2.75, 3.05) is 32.8 Å². The molecular formula is C23H25NO4S. The highest BCUT2D eigenvalue weighted by molar-refractivity contribution is 7.99. The summed E-state index contributed by atoms with van der Waals surface area (Å²) in [5.74, 6) is 2.97. The van der Waals surface area contributed by atoms with Gasteiger partial charge in [-0.25, -0.2) is 0 Å². The van der Waals surface area contributed by atoms with Crippen LogP contribution in [0.1, 0.15) is 23.0 Å². The largest absolute Gasteiger partial charge is 0.493 e. The average Bonchev–Trinajstić information content (AvgIpc) is 3.20. The van der Waals surface area contributed by atoms with Gasteiger partial charge in [0.1, 0.15) is 5.76 Å². The van der Waals surface area contributed by atoms with Crippen molar-refractivity contribution in [3.05, 3.63) is 66.1 Å². The third-order valence-corrected chi connectivity index (χ3v) is 6.51. The molecule has 1 atom stereocenters. The summed E-state index contributed by atoms with van der Waals surface area (Å²) in [6.07, 6.45) is 2.71. The molecule has 1 aliphatic rings. The Labute approximate surface area is 175 Å². The van der Waals surface area contributed by atoms with Gasteiger partial charge in [-0.05, 0) is 48.4 Å². The normalized spacial score (nSPS) is 16.1. The zero-order chi connectivity index (χ0) is 20.2. The molecule has 4 rings (SSSR count). The van der Waals surface area contributed by atoms with Crippen LogP contribution in [0.25, 0.3) is 0 Å². The van der Waals surface area contributed by atoms with E-state index in [9.17, 15) is 0 Å². The monoisotopic (exact) mass is 411 g/mol. The fraction of sp³-hybridized carbons (Fsp3) is 0.304. The third-order valence-electron chi connectivity index (χ3n) is 5.12. The van der Waals surface area contributed by atoms with Crippen LogP contribution in [0.2, 0.25) is 0 Å². The van der Waals surface area contributed by atoms with Gasteiger partial charge in [0.05, 0.1) is 39.8 Å². The molecule has 0 aliphatic carbocycles. The highest BCUT2D eigenvalue weighted by Gasteiger charge is 2.26. The summed E-state index contributed by atoms with van der Waals surface area (Å²) in [6.45, 7) is 1.68. The lowest BCUT2D eigenvalue weighted by atomic mass is 10.1. The maximum Gasteiger partial charge on any atom is 0.203 e. The number of rotatable bonds is 6. The van der Waals surface area contributed by atoms with Crippen LogP contribution in [-0.2, 0) is 6.54 Å². The van der Waals surface area contributed by atoms with Crippen LogP contribution >= 0.6 is 11.8 Å². The van der Waals surface area contributed by atoms with Crippen LogP contribution in [0.3, 0.4) is 0 Å². The first-order valence-electron chi connectivity index (χ1n) is 9.56. The van der Waals surface area contributed by atoms with Crippen molar-refractivity contribution in [2.45, 2.75) is 23.1 Å². The number of benzene rings is 2. The summed E-state index contributed by atoms with van der Waals surface area (Å²) < 4.78 is 22.2. The van der Waals surface area contributed by atoms with Crippen molar-refractivity contribution in [2.24, 2.45) is 0 Å². The Hall–Kier alpha value is -2.73. The van der Waals surface area contributed by atoms with Crippen molar-refractivity contribution in [3.8, 4) is 17.2 Å². The maximum atomic E-state index is 5.59.